The van der Waals surface area contributed by atoms with Crippen molar-refractivity contribution in [2.75, 3.05) is 5.32 Å². The molecule has 0 fully saturated rings. The van der Waals surface area contributed by atoms with Crippen molar-refractivity contribution < 1.29 is 8.78 Å². The van der Waals surface area contributed by atoms with Crippen molar-refractivity contribution in [1.82, 2.24) is 4.98 Å². The van der Waals surface area contributed by atoms with Gasteiger partial charge in [-0.15, -0.1) is 0 Å². The summed E-state index contributed by atoms with van der Waals surface area (Å²) in [4.78, 5) is 3.93. The zero-order chi connectivity index (χ0) is 13.1. The van der Waals surface area contributed by atoms with E-state index >= 15 is 0 Å². The third-order valence-corrected chi connectivity index (χ3v) is 2.80. The SMILES string of the molecule is N#Cc1cccnc1Nc1c(F)cc(F)cc1Br. The summed E-state index contributed by atoms with van der Waals surface area (Å²) in [5, 5.41) is 11.5. The van der Waals surface area contributed by atoms with Crippen LogP contribution in [-0.2, 0) is 0 Å². The van der Waals surface area contributed by atoms with E-state index in [0.717, 1.165) is 12.1 Å². The van der Waals surface area contributed by atoms with Gasteiger partial charge in [-0.3, -0.25) is 0 Å². The van der Waals surface area contributed by atoms with Gasteiger partial charge in [0.15, 0.2) is 5.82 Å². The van der Waals surface area contributed by atoms with Gasteiger partial charge in [0.25, 0.3) is 0 Å². The molecule has 1 aromatic heterocycles. The summed E-state index contributed by atoms with van der Waals surface area (Å²) in [5.74, 6) is -1.24. The van der Waals surface area contributed by atoms with E-state index in [0.29, 0.717) is 0 Å². The molecule has 0 spiro atoms. The summed E-state index contributed by atoms with van der Waals surface area (Å²) in [5.41, 5.74) is 0.305. The van der Waals surface area contributed by atoms with Crippen LogP contribution in [0.15, 0.2) is 34.9 Å². The van der Waals surface area contributed by atoms with Gasteiger partial charge in [-0.25, -0.2) is 13.8 Å². The molecule has 6 heteroatoms. The molecule has 0 unspecified atom stereocenters. The summed E-state index contributed by atoms with van der Waals surface area (Å²) in [6, 6.07) is 6.95. The second kappa shape index (κ2) is 5.10. The number of nitriles is 1. The van der Waals surface area contributed by atoms with Crippen molar-refractivity contribution in [2.45, 2.75) is 0 Å². The average molecular weight is 310 g/mol. The van der Waals surface area contributed by atoms with Crippen molar-refractivity contribution in [3.05, 3.63) is 52.1 Å². The molecule has 18 heavy (non-hydrogen) atoms. The Labute approximate surface area is 110 Å². The fourth-order valence-electron chi connectivity index (χ4n) is 1.38. The summed E-state index contributed by atoms with van der Waals surface area (Å²) in [6.45, 7) is 0. The molecule has 0 saturated heterocycles. The van der Waals surface area contributed by atoms with E-state index in [9.17, 15) is 8.78 Å². The first-order chi connectivity index (χ1) is 8.61. The van der Waals surface area contributed by atoms with E-state index < -0.39 is 11.6 Å². The van der Waals surface area contributed by atoms with Crippen LogP contribution >= 0.6 is 15.9 Å². The van der Waals surface area contributed by atoms with Crippen molar-refractivity contribution in [3.8, 4) is 6.07 Å². The van der Waals surface area contributed by atoms with Crippen LogP contribution in [0.2, 0.25) is 0 Å². The lowest BCUT2D eigenvalue weighted by Gasteiger charge is -2.10. The highest BCUT2D eigenvalue weighted by molar-refractivity contribution is 9.10. The molecule has 90 valence electrons. The minimum absolute atomic E-state index is 0.0339. The van der Waals surface area contributed by atoms with Gasteiger partial charge in [0.1, 0.15) is 17.7 Å². The van der Waals surface area contributed by atoms with Crippen LogP contribution in [-0.4, -0.2) is 4.98 Å². The number of rotatable bonds is 2. The largest absolute Gasteiger partial charge is 0.336 e. The Bertz CT molecular complexity index is 614. The monoisotopic (exact) mass is 309 g/mol. The number of nitrogens with zero attached hydrogens (tertiary/aromatic N) is 2. The van der Waals surface area contributed by atoms with Crippen LogP contribution in [0.3, 0.4) is 0 Å². The Morgan fingerprint density at radius 2 is 2.11 bits per heavy atom. The molecule has 0 radical (unpaired) electrons. The van der Waals surface area contributed by atoms with E-state index in [4.69, 9.17) is 5.26 Å². The van der Waals surface area contributed by atoms with Gasteiger partial charge in [0.2, 0.25) is 0 Å². The van der Waals surface area contributed by atoms with Crippen molar-refractivity contribution in [3.63, 3.8) is 0 Å². The molecular weight excluding hydrogens is 304 g/mol. The average Bonchev–Trinajstić information content (AvgIpc) is 2.34. The van der Waals surface area contributed by atoms with Crippen LogP contribution in [0.4, 0.5) is 20.3 Å². The number of nitrogens with one attached hydrogen (secondary N) is 1. The Hall–Kier alpha value is -2.00. The van der Waals surface area contributed by atoms with Crippen LogP contribution in [0.1, 0.15) is 5.56 Å². The number of hydrogen-bond acceptors (Lipinski definition) is 3. The van der Waals surface area contributed by atoms with Gasteiger partial charge in [-0.2, -0.15) is 5.26 Å². The number of anilines is 2. The Morgan fingerprint density at radius 3 is 2.78 bits per heavy atom. The topological polar surface area (TPSA) is 48.7 Å². The maximum absolute atomic E-state index is 13.6. The number of hydrogen-bond donors (Lipinski definition) is 1. The zero-order valence-corrected chi connectivity index (χ0v) is 10.5. The molecule has 1 aromatic carbocycles. The summed E-state index contributed by atoms with van der Waals surface area (Å²) in [7, 11) is 0. The molecular formula is C12H6BrF2N3. The summed E-state index contributed by atoms with van der Waals surface area (Å²) < 4.78 is 26.7. The van der Waals surface area contributed by atoms with Gasteiger partial charge < -0.3 is 5.32 Å². The maximum atomic E-state index is 13.6. The molecule has 0 amide bonds. The quantitative estimate of drug-likeness (QED) is 0.919. The molecule has 0 aliphatic heterocycles. The van der Waals surface area contributed by atoms with E-state index in [1.165, 1.54) is 6.20 Å². The second-order valence-corrected chi connectivity index (χ2v) is 4.24. The summed E-state index contributed by atoms with van der Waals surface area (Å²) >= 11 is 3.05. The van der Waals surface area contributed by atoms with Gasteiger partial charge in [-0.1, -0.05) is 0 Å². The minimum Gasteiger partial charge on any atom is -0.336 e. The highest BCUT2D eigenvalue weighted by Crippen LogP contribution is 2.29. The number of pyridine rings is 1. The maximum Gasteiger partial charge on any atom is 0.150 e. The molecule has 3 nitrogen and oxygen atoms in total. The molecule has 0 atom stereocenters. The molecule has 0 saturated carbocycles. The molecule has 0 aliphatic carbocycles. The lowest BCUT2D eigenvalue weighted by atomic mass is 10.2. The third-order valence-electron chi connectivity index (χ3n) is 2.18. The lowest BCUT2D eigenvalue weighted by Crippen LogP contribution is -2.00. The number of aromatic nitrogens is 1. The normalized spacial score (nSPS) is 9.89. The van der Waals surface area contributed by atoms with Crippen molar-refractivity contribution >= 4 is 27.4 Å². The summed E-state index contributed by atoms with van der Waals surface area (Å²) in [6.07, 6.45) is 1.47. The van der Waals surface area contributed by atoms with Crippen LogP contribution in [0.5, 0.6) is 0 Å². The fourth-order valence-corrected chi connectivity index (χ4v) is 1.88. The second-order valence-electron chi connectivity index (χ2n) is 3.38. The van der Waals surface area contributed by atoms with E-state index in [1.54, 1.807) is 12.1 Å². The van der Waals surface area contributed by atoms with Crippen molar-refractivity contribution in [2.24, 2.45) is 0 Å². The third kappa shape index (κ3) is 2.46. The molecule has 2 aromatic rings. The first-order valence-electron chi connectivity index (χ1n) is 4.88. The Morgan fingerprint density at radius 1 is 1.33 bits per heavy atom. The lowest BCUT2D eigenvalue weighted by molar-refractivity contribution is 0.584. The van der Waals surface area contributed by atoms with Crippen molar-refractivity contribution in [1.29, 1.82) is 5.26 Å². The Kier molecular flexibility index (Phi) is 3.53. The van der Waals surface area contributed by atoms with Crippen LogP contribution < -0.4 is 5.32 Å². The fraction of sp³-hybridized carbons (Fsp3) is 0. The predicted molar refractivity (Wildman–Crippen MR) is 66.3 cm³/mol. The van der Waals surface area contributed by atoms with E-state index in [-0.39, 0.29) is 21.5 Å². The van der Waals surface area contributed by atoms with Crippen LogP contribution in [0.25, 0.3) is 0 Å². The van der Waals surface area contributed by atoms with E-state index in [1.807, 2.05) is 6.07 Å². The van der Waals surface area contributed by atoms with Gasteiger partial charge in [-0.05, 0) is 34.1 Å². The van der Waals surface area contributed by atoms with E-state index in [2.05, 4.69) is 26.2 Å². The molecule has 1 heterocycles. The number of halogens is 3. The highest BCUT2D eigenvalue weighted by Gasteiger charge is 2.12. The Balaban J connectivity index is 2.44. The van der Waals surface area contributed by atoms with Crippen LogP contribution in [0, 0.1) is 23.0 Å². The van der Waals surface area contributed by atoms with Gasteiger partial charge >= 0.3 is 0 Å². The first-order valence-corrected chi connectivity index (χ1v) is 5.68. The molecule has 2 rings (SSSR count). The highest BCUT2D eigenvalue weighted by atomic mass is 79.9. The molecule has 1 N–H and O–H groups in total. The molecule has 0 aliphatic rings. The number of benzene rings is 1. The minimum atomic E-state index is -0.767. The van der Waals surface area contributed by atoms with Gasteiger partial charge in [0, 0.05) is 16.7 Å². The molecule has 0 bridgehead atoms. The standard InChI is InChI=1S/C12H6BrF2N3/c13-9-4-8(14)5-10(15)11(9)18-12-7(6-16)2-1-3-17-12/h1-5H,(H,17,18). The smallest absolute Gasteiger partial charge is 0.150 e. The predicted octanol–water partition coefficient (Wildman–Crippen LogP) is 3.74. The van der Waals surface area contributed by atoms with Gasteiger partial charge in [0.05, 0.1) is 11.3 Å². The first kappa shape index (κ1) is 12.5. The zero-order valence-electron chi connectivity index (χ0n) is 8.92.